The van der Waals surface area contributed by atoms with Gasteiger partial charge in [0, 0.05) is 17.2 Å². The van der Waals surface area contributed by atoms with E-state index in [2.05, 4.69) is 0 Å². The molecule has 0 spiro atoms. The van der Waals surface area contributed by atoms with Gasteiger partial charge in [0.1, 0.15) is 11.0 Å². The lowest BCUT2D eigenvalue weighted by molar-refractivity contribution is 0.609. The molecule has 15 heavy (non-hydrogen) atoms. The molecule has 1 rings (SSSR count). The summed E-state index contributed by atoms with van der Waals surface area (Å²) in [5.41, 5.74) is 5.68. The largest absolute Gasteiger partial charge is 0.326 e. The van der Waals surface area contributed by atoms with Gasteiger partial charge in [-0.2, -0.15) is 5.26 Å². The SMILES string of the molecule is N#Cc1ccc(CN)c(Cl)c1S(=O)(=O)Cl. The Bertz CT molecular complexity index is 534. The Kier molecular flexibility index (Phi) is 3.58. The van der Waals surface area contributed by atoms with E-state index in [1.807, 2.05) is 0 Å². The van der Waals surface area contributed by atoms with E-state index >= 15 is 0 Å². The summed E-state index contributed by atoms with van der Waals surface area (Å²) in [7, 11) is 1.13. The third kappa shape index (κ3) is 2.41. The van der Waals surface area contributed by atoms with E-state index in [0.717, 1.165) is 0 Å². The van der Waals surface area contributed by atoms with Crippen LogP contribution < -0.4 is 5.73 Å². The predicted octanol–water partition coefficient (Wildman–Crippen LogP) is 1.60. The lowest BCUT2D eigenvalue weighted by Gasteiger charge is -2.06. The van der Waals surface area contributed by atoms with Crippen molar-refractivity contribution in [2.24, 2.45) is 5.73 Å². The highest BCUT2D eigenvalue weighted by atomic mass is 35.7. The van der Waals surface area contributed by atoms with Crippen LogP contribution in [0, 0.1) is 11.3 Å². The van der Waals surface area contributed by atoms with Crippen LogP contribution in [-0.4, -0.2) is 8.42 Å². The van der Waals surface area contributed by atoms with Crippen LogP contribution in [0.25, 0.3) is 0 Å². The van der Waals surface area contributed by atoms with E-state index in [4.69, 9.17) is 33.3 Å². The number of rotatable bonds is 2. The van der Waals surface area contributed by atoms with Gasteiger partial charge in [0.25, 0.3) is 9.05 Å². The second-order valence-corrected chi connectivity index (χ2v) is 5.55. The molecule has 0 radical (unpaired) electrons. The van der Waals surface area contributed by atoms with Gasteiger partial charge in [-0.15, -0.1) is 0 Å². The third-order valence-corrected chi connectivity index (χ3v) is 3.68. The Balaban J connectivity index is 3.67. The number of hydrogen-bond donors (Lipinski definition) is 1. The van der Waals surface area contributed by atoms with Crippen LogP contribution in [0.3, 0.4) is 0 Å². The van der Waals surface area contributed by atoms with Gasteiger partial charge in [0.05, 0.1) is 10.6 Å². The quantitative estimate of drug-likeness (QED) is 0.823. The molecule has 0 bridgehead atoms. The molecule has 0 unspecified atom stereocenters. The zero-order chi connectivity index (χ0) is 11.6. The molecule has 0 fully saturated rings. The topological polar surface area (TPSA) is 83.9 Å². The molecular formula is C8H6Cl2N2O2S. The van der Waals surface area contributed by atoms with Crippen molar-refractivity contribution < 1.29 is 8.42 Å². The molecule has 2 N–H and O–H groups in total. The number of benzene rings is 1. The number of nitrogens with two attached hydrogens (primary N) is 1. The fourth-order valence-electron chi connectivity index (χ4n) is 1.08. The van der Waals surface area contributed by atoms with Gasteiger partial charge in [-0.05, 0) is 11.6 Å². The number of nitrogens with zero attached hydrogens (tertiary/aromatic N) is 1. The normalized spacial score (nSPS) is 11.1. The molecule has 1 aromatic carbocycles. The first kappa shape index (κ1) is 12.3. The zero-order valence-electron chi connectivity index (χ0n) is 7.37. The molecule has 0 aliphatic heterocycles. The molecule has 0 heterocycles. The minimum Gasteiger partial charge on any atom is -0.326 e. The minimum absolute atomic E-state index is 0.0734. The molecule has 0 saturated heterocycles. The zero-order valence-corrected chi connectivity index (χ0v) is 9.70. The standard InChI is InChI=1S/C8H6Cl2N2O2S/c9-7-5(3-11)1-2-6(4-12)8(7)15(10,13)14/h1-2H,3,11H2. The summed E-state index contributed by atoms with van der Waals surface area (Å²) in [4.78, 5) is -0.378. The van der Waals surface area contributed by atoms with Crippen molar-refractivity contribution in [3.05, 3.63) is 28.3 Å². The fourth-order valence-corrected chi connectivity index (χ4v) is 2.95. The Labute approximate surface area is 96.6 Å². The van der Waals surface area contributed by atoms with Crippen LogP contribution in [0.15, 0.2) is 17.0 Å². The minimum atomic E-state index is -4.05. The summed E-state index contributed by atoms with van der Waals surface area (Å²) in [6.07, 6.45) is 0. The van der Waals surface area contributed by atoms with Gasteiger partial charge in [-0.3, -0.25) is 0 Å². The van der Waals surface area contributed by atoms with Crippen molar-refractivity contribution in [2.75, 3.05) is 0 Å². The summed E-state index contributed by atoms with van der Waals surface area (Å²) in [6.45, 7) is 0.0734. The van der Waals surface area contributed by atoms with Crippen molar-refractivity contribution in [3.8, 4) is 6.07 Å². The molecule has 80 valence electrons. The Morgan fingerprint density at radius 3 is 2.47 bits per heavy atom. The molecule has 7 heteroatoms. The van der Waals surface area contributed by atoms with Crippen LogP contribution >= 0.6 is 22.3 Å². The summed E-state index contributed by atoms with van der Waals surface area (Å²) in [5, 5.41) is 8.62. The summed E-state index contributed by atoms with van der Waals surface area (Å²) in [5.74, 6) is 0. The van der Waals surface area contributed by atoms with Crippen molar-refractivity contribution in [2.45, 2.75) is 11.4 Å². The van der Waals surface area contributed by atoms with E-state index in [-0.39, 0.29) is 22.0 Å². The van der Waals surface area contributed by atoms with E-state index in [1.165, 1.54) is 12.1 Å². The van der Waals surface area contributed by atoms with Gasteiger partial charge in [-0.1, -0.05) is 17.7 Å². The maximum Gasteiger partial charge on any atom is 0.264 e. The van der Waals surface area contributed by atoms with Crippen LogP contribution in [0.2, 0.25) is 5.02 Å². The average molecular weight is 265 g/mol. The van der Waals surface area contributed by atoms with Crippen molar-refractivity contribution in [1.29, 1.82) is 5.26 Å². The Morgan fingerprint density at radius 2 is 2.07 bits per heavy atom. The molecule has 0 aliphatic rings. The molecule has 4 nitrogen and oxygen atoms in total. The summed E-state index contributed by atoms with van der Waals surface area (Å²) in [6, 6.07) is 4.52. The van der Waals surface area contributed by atoms with Crippen LogP contribution in [0.4, 0.5) is 0 Å². The second kappa shape index (κ2) is 4.37. The van der Waals surface area contributed by atoms with Gasteiger partial charge >= 0.3 is 0 Å². The molecule has 0 aliphatic carbocycles. The van der Waals surface area contributed by atoms with E-state index < -0.39 is 9.05 Å². The monoisotopic (exact) mass is 264 g/mol. The number of hydrogen-bond acceptors (Lipinski definition) is 4. The molecule has 1 aromatic rings. The number of halogens is 2. The first-order valence-corrected chi connectivity index (χ1v) is 6.46. The van der Waals surface area contributed by atoms with Crippen LogP contribution in [0.1, 0.15) is 11.1 Å². The maximum absolute atomic E-state index is 11.2. The van der Waals surface area contributed by atoms with Crippen molar-refractivity contribution >= 4 is 31.3 Å². The fraction of sp³-hybridized carbons (Fsp3) is 0.125. The molecule has 0 saturated carbocycles. The van der Waals surface area contributed by atoms with E-state index in [9.17, 15) is 8.42 Å². The summed E-state index contributed by atoms with van der Waals surface area (Å²) >= 11 is 5.78. The van der Waals surface area contributed by atoms with E-state index in [1.54, 1.807) is 6.07 Å². The van der Waals surface area contributed by atoms with Gasteiger partial charge in [-0.25, -0.2) is 8.42 Å². The predicted molar refractivity (Wildman–Crippen MR) is 57.1 cm³/mol. The van der Waals surface area contributed by atoms with Crippen LogP contribution in [0.5, 0.6) is 0 Å². The van der Waals surface area contributed by atoms with Gasteiger partial charge in [0.2, 0.25) is 0 Å². The first-order valence-electron chi connectivity index (χ1n) is 3.78. The third-order valence-electron chi connectivity index (χ3n) is 1.76. The molecular weight excluding hydrogens is 259 g/mol. The molecule has 0 aromatic heterocycles. The van der Waals surface area contributed by atoms with Gasteiger partial charge < -0.3 is 5.73 Å². The first-order chi connectivity index (χ1) is 6.91. The highest BCUT2D eigenvalue weighted by Crippen LogP contribution is 2.30. The average Bonchev–Trinajstić information content (AvgIpc) is 2.15. The number of nitriles is 1. The Morgan fingerprint density at radius 1 is 1.47 bits per heavy atom. The van der Waals surface area contributed by atoms with Gasteiger partial charge in [0.15, 0.2) is 0 Å². The molecule has 0 atom stereocenters. The molecule has 0 amide bonds. The lowest BCUT2D eigenvalue weighted by atomic mass is 10.1. The van der Waals surface area contributed by atoms with Crippen molar-refractivity contribution in [3.63, 3.8) is 0 Å². The lowest BCUT2D eigenvalue weighted by Crippen LogP contribution is -2.03. The van der Waals surface area contributed by atoms with Crippen molar-refractivity contribution in [1.82, 2.24) is 0 Å². The highest BCUT2D eigenvalue weighted by Gasteiger charge is 2.21. The Hall–Kier alpha value is -0.800. The second-order valence-electron chi connectivity index (χ2n) is 2.67. The van der Waals surface area contributed by atoms with Crippen LogP contribution in [-0.2, 0) is 15.6 Å². The summed E-state index contributed by atoms with van der Waals surface area (Å²) < 4.78 is 22.4. The van der Waals surface area contributed by atoms with E-state index in [0.29, 0.717) is 5.56 Å². The highest BCUT2D eigenvalue weighted by molar-refractivity contribution is 8.13. The smallest absolute Gasteiger partial charge is 0.264 e. The maximum atomic E-state index is 11.2.